The van der Waals surface area contributed by atoms with Gasteiger partial charge in [0.25, 0.3) is 0 Å². The summed E-state index contributed by atoms with van der Waals surface area (Å²) in [6.45, 7) is 4.41. The highest BCUT2D eigenvalue weighted by Gasteiger charge is 2.31. The molecule has 1 aromatic carbocycles. The molecule has 2 aromatic rings. The molecule has 1 unspecified atom stereocenters. The number of nitrogens with zero attached hydrogens (tertiary/aromatic N) is 3. The van der Waals surface area contributed by atoms with Crippen LogP contribution in [-0.2, 0) is 9.59 Å². The molecule has 1 fully saturated rings. The molecule has 1 saturated heterocycles. The minimum atomic E-state index is -0.422. The molecule has 0 spiro atoms. The van der Waals surface area contributed by atoms with Crippen molar-refractivity contribution < 1.29 is 9.59 Å². The predicted octanol–water partition coefficient (Wildman–Crippen LogP) is 2.12. The van der Waals surface area contributed by atoms with E-state index in [0.717, 1.165) is 17.8 Å². The zero-order chi connectivity index (χ0) is 17.1. The van der Waals surface area contributed by atoms with Gasteiger partial charge in [-0.3, -0.25) is 14.7 Å². The monoisotopic (exact) mass is 327 g/mol. The van der Waals surface area contributed by atoms with Crippen molar-refractivity contribution in [3.63, 3.8) is 0 Å². The first-order valence-corrected chi connectivity index (χ1v) is 8.18. The van der Waals surface area contributed by atoms with E-state index in [4.69, 9.17) is 0 Å². The van der Waals surface area contributed by atoms with Crippen LogP contribution in [0, 0.1) is 6.92 Å². The molecule has 0 saturated carbocycles. The summed E-state index contributed by atoms with van der Waals surface area (Å²) in [6, 6.07) is 6.96. The zero-order valence-electron chi connectivity index (χ0n) is 13.9. The lowest BCUT2D eigenvalue weighted by Crippen LogP contribution is -2.44. The molecule has 24 heavy (non-hydrogen) atoms. The molecule has 2 N–H and O–H groups in total. The van der Waals surface area contributed by atoms with E-state index in [1.807, 2.05) is 38.1 Å². The third kappa shape index (κ3) is 3.29. The maximum Gasteiger partial charge on any atom is 0.247 e. The molecular weight excluding hydrogens is 306 g/mol. The molecule has 2 amide bonds. The lowest BCUT2D eigenvalue weighted by atomic mass is 10.1. The molecule has 126 valence electrons. The maximum absolute atomic E-state index is 12.6. The quantitative estimate of drug-likeness (QED) is 0.880. The number of nitrogens with one attached hydrogen (secondary N) is 2. The van der Waals surface area contributed by atoms with Gasteiger partial charge < -0.3 is 10.2 Å². The van der Waals surface area contributed by atoms with Crippen molar-refractivity contribution in [2.75, 3.05) is 11.9 Å². The molecule has 0 radical (unpaired) electrons. The van der Waals surface area contributed by atoms with E-state index in [1.54, 1.807) is 4.90 Å². The van der Waals surface area contributed by atoms with Crippen molar-refractivity contribution in [1.82, 2.24) is 20.1 Å². The SMILES string of the molecule is CCC(C(=O)Nc1cccc(-c2n[nH]c(C)n2)c1)N1CCCC1=O. The van der Waals surface area contributed by atoms with Gasteiger partial charge in [-0.15, -0.1) is 0 Å². The Labute approximate surface area is 140 Å². The Morgan fingerprint density at radius 3 is 2.92 bits per heavy atom. The van der Waals surface area contributed by atoms with E-state index in [2.05, 4.69) is 20.5 Å². The molecule has 1 aliphatic heterocycles. The summed E-state index contributed by atoms with van der Waals surface area (Å²) >= 11 is 0. The average molecular weight is 327 g/mol. The van der Waals surface area contributed by atoms with Crippen molar-refractivity contribution in [1.29, 1.82) is 0 Å². The molecule has 0 bridgehead atoms. The molecule has 3 rings (SSSR count). The van der Waals surface area contributed by atoms with Crippen LogP contribution in [0.15, 0.2) is 24.3 Å². The minimum absolute atomic E-state index is 0.0574. The van der Waals surface area contributed by atoms with E-state index in [1.165, 1.54) is 0 Å². The number of hydrogen-bond acceptors (Lipinski definition) is 4. The molecule has 2 heterocycles. The summed E-state index contributed by atoms with van der Waals surface area (Å²) in [7, 11) is 0. The normalized spacial score (nSPS) is 15.6. The van der Waals surface area contributed by atoms with E-state index in [9.17, 15) is 9.59 Å². The second-order valence-electron chi connectivity index (χ2n) is 5.93. The Balaban J connectivity index is 1.75. The van der Waals surface area contributed by atoms with Crippen molar-refractivity contribution in [3.8, 4) is 11.4 Å². The molecule has 7 nitrogen and oxygen atoms in total. The number of carbonyl (C=O) groups is 2. The van der Waals surface area contributed by atoms with Gasteiger partial charge in [-0.05, 0) is 31.9 Å². The fourth-order valence-electron chi connectivity index (χ4n) is 2.98. The fraction of sp³-hybridized carbons (Fsp3) is 0.412. The second-order valence-corrected chi connectivity index (χ2v) is 5.93. The Morgan fingerprint density at radius 1 is 1.46 bits per heavy atom. The molecular formula is C17H21N5O2. The zero-order valence-corrected chi connectivity index (χ0v) is 13.9. The fourth-order valence-corrected chi connectivity index (χ4v) is 2.98. The summed E-state index contributed by atoms with van der Waals surface area (Å²) in [5.74, 6) is 1.22. The standard InChI is InChI=1S/C17H21N5O2/c1-3-14(22-9-5-8-15(22)23)17(24)19-13-7-4-6-12(10-13)16-18-11(2)20-21-16/h4,6-7,10,14H,3,5,8-9H2,1-2H3,(H,19,24)(H,18,20,21). The van der Waals surface area contributed by atoms with Crippen LogP contribution in [0.4, 0.5) is 5.69 Å². The van der Waals surface area contributed by atoms with Crippen LogP contribution >= 0.6 is 0 Å². The summed E-state index contributed by atoms with van der Waals surface area (Å²) in [5, 5.41) is 9.84. The first kappa shape index (κ1) is 16.2. The van der Waals surface area contributed by atoms with Gasteiger partial charge in [0.05, 0.1) is 0 Å². The number of hydrogen-bond donors (Lipinski definition) is 2. The highest BCUT2D eigenvalue weighted by Crippen LogP contribution is 2.21. The number of aromatic amines is 1. The van der Waals surface area contributed by atoms with Crippen LogP contribution in [0.5, 0.6) is 0 Å². The Morgan fingerprint density at radius 2 is 2.29 bits per heavy atom. The third-order valence-electron chi connectivity index (χ3n) is 4.16. The summed E-state index contributed by atoms with van der Waals surface area (Å²) < 4.78 is 0. The third-order valence-corrected chi connectivity index (χ3v) is 4.16. The number of benzene rings is 1. The van der Waals surface area contributed by atoms with Gasteiger partial charge in [0.15, 0.2) is 5.82 Å². The topological polar surface area (TPSA) is 91.0 Å². The number of rotatable bonds is 5. The number of carbonyl (C=O) groups excluding carboxylic acids is 2. The van der Waals surface area contributed by atoms with E-state index < -0.39 is 6.04 Å². The minimum Gasteiger partial charge on any atom is -0.331 e. The number of aromatic nitrogens is 3. The van der Waals surface area contributed by atoms with Gasteiger partial charge >= 0.3 is 0 Å². The van der Waals surface area contributed by atoms with Crippen LogP contribution in [0.2, 0.25) is 0 Å². The van der Waals surface area contributed by atoms with Crippen molar-refractivity contribution in [2.45, 2.75) is 39.2 Å². The molecule has 1 aromatic heterocycles. The number of likely N-dealkylation sites (tertiary alicyclic amines) is 1. The van der Waals surface area contributed by atoms with Gasteiger partial charge in [-0.25, -0.2) is 4.98 Å². The number of anilines is 1. The number of H-pyrrole nitrogens is 1. The summed E-state index contributed by atoms with van der Waals surface area (Å²) in [4.78, 5) is 30.5. The van der Waals surface area contributed by atoms with Gasteiger partial charge in [-0.1, -0.05) is 19.1 Å². The van der Waals surface area contributed by atoms with E-state index in [0.29, 0.717) is 30.9 Å². The van der Waals surface area contributed by atoms with Crippen molar-refractivity contribution in [2.24, 2.45) is 0 Å². The molecule has 0 aliphatic carbocycles. The van der Waals surface area contributed by atoms with Crippen LogP contribution in [0.3, 0.4) is 0 Å². The smallest absolute Gasteiger partial charge is 0.247 e. The highest BCUT2D eigenvalue weighted by atomic mass is 16.2. The second kappa shape index (κ2) is 6.82. The van der Waals surface area contributed by atoms with Crippen LogP contribution in [-0.4, -0.2) is 44.5 Å². The lowest BCUT2D eigenvalue weighted by Gasteiger charge is -2.25. The van der Waals surface area contributed by atoms with E-state index >= 15 is 0 Å². The number of aryl methyl sites for hydroxylation is 1. The Bertz CT molecular complexity index is 755. The van der Waals surface area contributed by atoms with Crippen LogP contribution in [0.1, 0.15) is 32.0 Å². The molecule has 7 heteroatoms. The van der Waals surface area contributed by atoms with Crippen LogP contribution in [0.25, 0.3) is 11.4 Å². The maximum atomic E-state index is 12.6. The van der Waals surface area contributed by atoms with E-state index in [-0.39, 0.29) is 11.8 Å². The van der Waals surface area contributed by atoms with Gasteiger partial charge in [0.2, 0.25) is 11.8 Å². The highest BCUT2D eigenvalue weighted by molar-refractivity contribution is 5.97. The Hall–Kier alpha value is -2.70. The van der Waals surface area contributed by atoms with Gasteiger partial charge in [0, 0.05) is 24.2 Å². The average Bonchev–Trinajstić information content (AvgIpc) is 3.18. The first-order chi connectivity index (χ1) is 11.6. The first-order valence-electron chi connectivity index (χ1n) is 8.18. The number of amides is 2. The molecule has 1 atom stereocenters. The molecule has 1 aliphatic rings. The van der Waals surface area contributed by atoms with Crippen molar-refractivity contribution in [3.05, 3.63) is 30.1 Å². The largest absolute Gasteiger partial charge is 0.331 e. The predicted molar refractivity (Wildman–Crippen MR) is 90.2 cm³/mol. The van der Waals surface area contributed by atoms with Gasteiger partial charge in [0.1, 0.15) is 11.9 Å². The van der Waals surface area contributed by atoms with Crippen molar-refractivity contribution >= 4 is 17.5 Å². The lowest BCUT2D eigenvalue weighted by molar-refractivity contribution is -0.135. The van der Waals surface area contributed by atoms with Gasteiger partial charge in [-0.2, -0.15) is 5.10 Å². The Kier molecular flexibility index (Phi) is 4.59. The van der Waals surface area contributed by atoms with Crippen LogP contribution < -0.4 is 5.32 Å². The summed E-state index contributed by atoms with van der Waals surface area (Å²) in [6.07, 6.45) is 1.95. The summed E-state index contributed by atoms with van der Waals surface area (Å²) in [5.41, 5.74) is 1.49.